The molecule has 1 N–H and O–H groups in total. The Balaban J connectivity index is 1.67. The third-order valence-corrected chi connectivity index (χ3v) is 3.60. The molecule has 3 aromatic rings. The molecule has 0 bridgehead atoms. The van der Waals surface area contributed by atoms with E-state index in [9.17, 15) is 0 Å². The molecule has 1 heterocycles. The summed E-state index contributed by atoms with van der Waals surface area (Å²) in [6.07, 6.45) is 1.02. The lowest BCUT2D eigenvalue weighted by Crippen LogP contribution is -2.05. The van der Waals surface area contributed by atoms with Crippen molar-refractivity contribution in [2.45, 2.75) is 13.3 Å². The fourth-order valence-electron chi connectivity index (χ4n) is 2.38. The first-order valence-electron chi connectivity index (χ1n) is 6.82. The van der Waals surface area contributed by atoms with Gasteiger partial charge in [-0.15, -0.1) is 5.10 Å². The van der Waals surface area contributed by atoms with Crippen LogP contribution in [0.2, 0.25) is 0 Å². The van der Waals surface area contributed by atoms with E-state index in [4.69, 9.17) is 0 Å². The fraction of sp³-hybridized carbons (Fsp3) is 0.250. The van der Waals surface area contributed by atoms with Gasteiger partial charge in [-0.05, 0) is 42.7 Å². The van der Waals surface area contributed by atoms with Gasteiger partial charge in [-0.25, -0.2) is 4.68 Å². The van der Waals surface area contributed by atoms with Crippen LogP contribution in [-0.4, -0.2) is 21.5 Å². The molecule has 0 radical (unpaired) electrons. The number of hydrogen-bond acceptors (Lipinski definition) is 3. The summed E-state index contributed by atoms with van der Waals surface area (Å²) in [7, 11) is 1.90. The van der Waals surface area contributed by atoms with Gasteiger partial charge in [0, 0.05) is 19.3 Å². The SMILES string of the molecule is Cc1ccccc1CCNc1ccc2c(c1)nnn2C. The summed E-state index contributed by atoms with van der Waals surface area (Å²) >= 11 is 0. The lowest BCUT2D eigenvalue weighted by molar-refractivity contribution is 0.736. The highest BCUT2D eigenvalue weighted by Crippen LogP contribution is 2.16. The Morgan fingerprint density at radius 2 is 2.00 bits per heavy atom. The smallest absolute Gasteiger partial charge is 0.115 e. The highest BCUT2D eigenvalue weighted by molar-refractivity contribution is 5.78. The number of nitrogens with zero attached hydrogens (tertiary/aromatic N) is 3. The van der Waals surface area contributed by atoms with E-state index in [0.717, 1.165) is 29.7 Å². The molecule has 0 saturated carbocycles. The predicted octanol–water partition coefficient (Wildman–Crippen LogP) is 2.93. The average molecular weight is 266 g/mol. The van der Waals surface area contributed by atoms with E-state index in [-0.39, 0.29) is 0 Å². The van der Waals surface area contributed by atoms with Crippen molar-refractivity contribution in [3.63, 3.8) is 0 Å². The first kappa shape index (κ1) is 12.7. The molecule has 4 heteroatoms. The molecular weight excluding hydrogens is 248 g/mol. The van der Waals surface area contributed by atoms with Crippen LogP contribution in [0.1, 0.15) is 11.1 Å². The highest BCUT2D eigenvalue weighted by atomic mass is 15.4. The van der Waals surface area contributed by atoms with Crippen molar-refractivity contribution >= 4 is 16.7 Å². The number of aromatic nitrogens is 3. The number of fused-ring (bicyclic) bond motifs is 1. The van der Waals surface area contributed by atoms with Gasteiger partial charge in [-0.2, -0.15) is 0 Å². The van der Waals surface area contributed by atoms with Crippen molar-refractivity contribution < 1.29 is 0 Å². The zero-order chi connectivity index (χ0) is 13.9. The van der Waals surface area contributed by atoms with Crippen LogP contribution in [0.15, 0.2) is 42.5 Å². The van der Waals surface area contributed by atoms with Gasteiger partial charge in [0.15, 0.2) is 0 Å². The molecule has 3 rings (SSSR count). The van der Waals surface area contributed by atoms with Gasteiger partial charge in [0.05, 0.1) is 5.52 Å². The number of anilines is 1. The molecule has 0 aliphatic carbocycles. The molecule has 0 aliphatic heterocycles. The fourth-order valence-corrected chi connectivity index (χ4v) is 2.38. The largest absolute Gasteiger partial charge is 0.385 e. The second-order valence-electron chi connectivity index (χ2n) is 5.02. The minimum atomic E-state index is 0.913. The second kappa shape index (κ2) is 5.33. The van der Waals surface area contributed by atoms with Gasteiger partial charge in [0.25, 0.3) is 0 Å². The molecule has 0 unspecified atom stereocenters. The minimum absolute atomic E-state index is 0.913. The van der Waals surface area contributed by atoms with Crippen molar-refractivity contribution in [2.75, 3.05) is 11.9 Å². The molecule has 0 saturated heterocycles. The van der Waals surface area contributed by atoms with E-state index >= 15 is 0 Å². The first-order valence-corrected chi connectivity index (χ1v) is 6.82. The Kier molecular flexibility index (Phi) is 3.37. The van der Waals surface area contributed by atoms with Crippen molar-refractivity contribution in [1.29, 1.82) is 0 Å². The zero-order valence-electron chi connectivity index (χ0n) is 11.8. The van der Waals surface area contributed by atoms with Crippen molar-refractivity contribution in [2.24, 2.45) is 7.05 Å². The van der Waals surface area contributed by atoms with E-state index in [1.165, 1.54) is 11.1 Å². The molecule has 2 aromatic carbocycles. The van der Waals surface area contributed by atoms with Gasteiger partial charge >= 0.3 is 0 Å². The van der Waals surface area contributed by atoms with Gasteiger partial charge in [-0.3, -0.25) is 0 Å². The number of nitrogens with one attached hydrogen (secondary N) is 1. The Bertz CT molecular complexity index is 730. The Morgan fingerprint density at radius 1 is 1.15 bits per heavy atom. The van der Waals surface area contributed by atoms with Crippen LogP contribution in [0.4, 0.5) is 5.69 Å². The quantitative estimate of drug-likeness (QED) is 0.789. The lowest BCUT2D eigenvalue weighted by Gasteiger charge is -2.08. The monoisotopic (exact) mass is 266 g/mol. The molecule has 0 aliphatic rings. The normalized spacial score (nSPS) is 10.9. The topological polar surface area (TPSA) is 42.7 Å². The maximum Gasteiger partial charge on any atom is 0.115 e. The van der Waals surface area contributed by atoms with Crippen LogP contribution in [0.5, 0.6) is 0 Å². The minimum Gasteiger partial charge on any atom is -0.385 e. The molecule has 20 heavy (non-hydrogen) atoms. The summed E-state index contributed by atoms with van der Waals surface area (Å²) in [4.78, 5) is 0. The van der Waals surface area contributed by atoms with Gasteiger partial charge in [0.2, 0.25) is 0 Å². The van der Waals surface area contributed by atoms with Crippen molar-refractivity contribution in [1.82, 2.24) is 15.0 Å². The molecule has 0 fully saturated rings. The van der Waals surface area contributed by atoms with Crippen molar-refractivity contribution in [3.05, 3.63) is 53.6 Å². The molecule has 0 atom stereocenters. The summed E-state index contributed by atoms with van der Waals surface area (Å²) in [5, 5.41) is 11.6. The zero-order valence-corrected chi connectivity index (χ0v) is 11.8. The lowest BCUT2D eigenvalue weighted by atomic mass is 10.1. The summed E-state index contributed by atoms with van der Waals surface area (Å²) in [5.74, 6) is 0. The van der Waals surface area contributed by atoms with Crippen LogP contribution in [0, 0.1) is 6.92 Å². The van der Waals surface area contributed by atoms with Gasteiger partial charge < -0.3 is 5.32 Å². The Hall–Kier alpha value is -2.36. The number of hydrogen-bond donors (Lipinski definition) is 1. The Labute approximate surface area is 118 Å². The van der Waals surface area contributed by atoms with E-state index in [2.05, 4.69) is 52.9 Å². The van der Waals surface area contributed by atoms with E-state index in [1.807, 2.05) is 19.2 Å². The van der Waals surface area contributed by atoms with Gasteiger partial charge in [-0.1, -0.05) is 29.5 Å². The molecular formula is C16H18N4. The van der Waals surface area contributed by atoms with Crippen LogP contribution in [0.3, 0.4) is 0 Å². The number of rotatable bonds is 4. The van der Waals surface area contributed by atoms with E-state index in [1.54, 1.807) is 4.68 Å². The maximum absolute atomic E-state index is 4.13. The molecule has 0 amide bonds. The van der Waals surface area contributed by atoms with E-state index < -0.39 is 0 Å². The van der Waals surface area contributed by atoms with Crippen LogP contribution in [0.25, 0.3) is 11.0 Å². The third kappa shape index (κ3) is 2.50. The van der Waals surface area contributed by atoms with Crippen LogP contribution >= 0.6 is 0 Å². The van der Waals surface area contributed by atoms with Crippen LogP contribution < -0.4 is 5.32 Å². The van der Waals surface area contributed by atoms with Crippen molar-refractivity contribution in [3.8, 4) is 0 Å². The second-order valence-corrected chi connectivity index (χ2v) is 5.02. The highest BCUT2D eigenvalue weighted by Gasteiger charge is 2.02. The first-order chi connectivity index (χ1) is 9.74. The summed E-state index contributed by atoms with van der Waals surface area (Å²) < 4.78 is 1.78. The molecule has 1 aromatic heterocycles. The standard InChI is InChI=1S/C16H18N4/c1-12-5-3-4-6-13(12)9-10-17-14-7-8-16-15(11-14)18-19-20(16)2/h3-8,11,17H,9-10H2,1-2H3. The molecule has 0 spiro atoms. The van der Waals surface area contributed by atoms with E-state index in [0.29, 0.717) is 0 Å². The summed E-state index contributed by atoms with van der Waals surface area (Å²) in [5.41, 5.74) is 5.80. The summed E-state index contributed by atoms with van der Waals surface area (Å²) in [6.45, 7) is 3.07. The number of aryl methyl sites for hydroxylation is 2. The maximum atomic E-state index is 4.13. The van der Waals surface area contributed by atoms with Crippen LogP contribution in [-0.2, 0) is 13.5 Å². The van der Waals surface area contributed by atoms with Gasteiger partial charge in [0.1, 0.15) is 5.52 Å². The Morgan fingerprint density at radius 3 is 2.85 bits per heavy atom. The average Bonchev–Trinajstić information content (AvgIpc) is 2.82. The molecule has 4 nitrogen and oxygen atoms in total. The third-order valence-electron chi connectivity index (χ3n) is 3.60. The predicted molar refractivity (Wildman–Crippen MR) is 81.9 cm³/mol. The summed E-state index contributed by atoms with van der Waals surface area (Å²) in [6, 6.07) is 14.7. The molecule has 102 valence electrons. The number of benzene rings is 2.